The summed E-state index contributed by atoms with van der Waals surface area (Å²) in [6.07, 6.45) is 8.41. The van der Waals surface area contributed by atoms with Gasteiger partial charge in [-0.2, -0.15) is 0 Å². The molecule has 0 saturated carbocycles. The first-order valence-electron chi connectivity index (χ1n) is 6.46. The van der Waals surface area contributed by atoms with Gasteiger partial charge in [0.1, 0.15) is 6.10 Å². The molecule has 0 aromatic carbocycles. The van der Waals surface area contributed by atoms with E-state index in [0.717, 1.165) is 17.8 Å². The lowest BCUT2D eigenvalue weighted by atomic mass is 9.97. The number of thiophene rings is 1. The largest absolute Gasteiger partial charge is 0.386 e. The number of hydrogen-bond donors (Lipinski definition) is 2. The van der Waals surface area contributed by atoms with E-state index >= 15 is 0 Å². The number of aliphatic hydroxyl groups is 1. The van der Waals surface area contributed by atoms with Gasteiger partial charge < -0.3 is 10.4 Å². The third-order valence-electron chi connectivity index (χ3n) is 3.22. The highest BCUT2D eigenvalue weighted by atomic mass is 32.1. The summed E-state index contributed by atoms with van der Waals surface area (Å²) < 4.78 is 0. The molecule has 1 unspecified atom stereocenters. The summed E-state index contributed by atoms with van der Waals surface area (Å²) in [7, 11) is 0. The Labute approximate surface area is 107 Å². The van der Waals surface area contributed by atoms with Gasteiger partial charge in [0.25, 0.3) is 0 Å². The first-order chi connectivity index (χ1) is 8.36. The van der Waals surface area contributed by atoms with Crippen molar-refractivity contribution in [3.05, 3.63) is 34.0 Å². The maximum Gasteiger partial charge on any atom is 0.101 e. The van der Waals surface area contributed by atoms with Gasteiger partial charge in [-0.25, -0.2) is 0 Å². The highest BCUT2D eigenvalue weighted by molar-refractivity contribution is 7.10. The molecule has 0 fully saturated rings. The van der Waals surface area contributed by atoms with E-state index in [9.17, 15) is 5.11 Å². The molecule has 2 N–H and O–H groups in total. The molecule has 1 aromatic heterocycles. The van der Waals surface area contributed by atoms with Crippen LogP contribution < -0.4 is 5.32 Å². The van der Waals surface area contributed by atoms with Crippen LogP contribution in [-0.4, -0.2) is 18.2 Å². The molecule has 94 valence electrons. The van der Waals surface area contributed by atoms with Gasteiger partial charge in [0.05, 0.1) is 0 Å². The average molecular weight is 251 g/mol. The summed E-state index contributed by atoms with van der Waals surface area (Å²) in [6, 6.07) is 3.97. The Kier molecular flexibility index (Phi) is 5.23. The first-order valence-corrected chi connectivity index (χ1v) is 7.34. The van der Waals surface area contributed by atoms with E-state index in [1.165, 1.54) is 25.7 Å². The van der Waals surface area contributed by atoms with E-state index in [4.69, 9.17) is 0 Å². The first kappa shape index (κ1) is 12.8. The Balaban J connectivity index is 1.61. The molecule has 0 spiro atoms. The molecule has 0 saturated heterocycles. The zero-order chi connectivity index (χ0) is 11.9. The molecule has 1 aliphatic carbocycles. The number of hydrogen-bond acceptors (Lipinski definition) is 3. The normalized spacial score (nSPS) is 17.8. The zero-order valence-electron chi connectivity index (χ0n) is 10.2. The van der Waals surface area contributed by atoms with Gasteiger partial charge in [-0.15, -0.1) is 11.3 Å². The van der Waals surface area contributed by atoms with Crippen molar-refractivity contribution in [1.29, 1.82) is 0 Å². The molecule has 2 nitrogen and oxygen atoms in total. The minimum Gasteiger partial charge on any atom is -0.386 e. The maximum absolute atomic E-state index is 9.88. The summed E-state index contributed by atoms with van der Waals surface area (Å²) in [6.45, 7) is 1.64. The quantitative estimate of drug-likeness (QED) is 0.601. The van der Waals surface area contributed by atoms with Crippen molar-refractivity contribution in [2.75, 3.05) is 13.1 Å². The standard InChI is InChI=1S/C14H21NOS/c16-13(14-7-4-10-17-14)11-15-9-8-12-5-2-1-3-6-12/h4-5,7,10,13,15-16H,1-3,6,8-9,11H2. The van der Waals surface area contributed by atoms with Gasteiger partial charge in [-0.3, -0.25) is 0 Å². The second kappa shape index (κ2) is 6.94. The van der Waals surface area contributed by atoms with Crippen molar-refractivity contribution in [1.82, 2.24) is 5.32 Å². The van der Waals surface area contributed by atoms with Crippen LogP contribution in [0.4, 0.5) is 0 Å². The van der Waals surface area contributed by atoms with Crippen molar-refractivity contribution >= 4 is 11.3 Å². The van der Waals surface area contributed by atoms with E-state index in [1.807, 2.05) is 17.5 Å². The van der Waals surface area contributed by atoms with E-state index in [1.54, 1.807) is 16.9 Å². The van der Waals surface area contributed by atoms with E-state index < -0.39 is 0 Å². The van der Waals surface area contributed by atoms with Gasteiger partial charge in [-0.05, 0) is 50.1 Å². The third kappa shape index (κ3) is 4.26. The topological polar surface area (TPSA) is 32.3 Å². The molecule has 1 aliphatic rings. The molecular formula is C14H21NOS. The van der Waals surface area contributed by atoms with Crippen LogP contribution in [0.1, 0.15) is 43.1 Å². The molecule has 1 heterocycles. The van der Waals surface area contributed by atoms with Crippen molar-refractivity contribution in [3.8, 4) is 0 Å². The van der Waals surface area contributed by atoms with Crippen LogP contribution >= 0.6 is 11.3 Å². The van der Waals surface area contributed by atoms with Gasteiger partial charge in [0, 0.05) is 11.4 Å². The fraction of sp³-hybridized carbons (Fsp3) is 0.571. The average Bonchev–Trinajstić information content (AvgIpc) is 2.89. The summed E-state index contributed by atoms with van der Waals surface area (Å²) >= 11 is 1.62. The van der Waals surface area contributed by atoms with Gasteiger partial charge in [0.2, 0.25) is 0 Å². The van der Waals surface area contributed by atoms with Crippen LogP contribution in [0, 0.1) is 0 Å². The fourth-order valence-electron chi connectivity index (χ4n) is 2.20. The summed E-state index contributed by atoms with van der Waals surface area (Å²) in [5.74, 6) is 0. The minimum absolute atomic E-state index is 0.352. The number of nitrogens with one attached hydrogen (secondary N) is 1. The lowest BCUT2D eigenvalue weighted by Gasteiger charge is -2.14. The van der Waals surface area contributed by atoms with E-state index in [0.29, 0.717) is 6.54 Å². The Morgan fingerprint density at radius 2 is 2.35 bits per heavy atom. The zero-order valence-corrected chi connectivity index (χ0v) is 11.0. The minimum atomic E-state index is -0.352. The molecule has 1 atom stereocenters. The van der Waals surface area contributed by atoms with Crippen molar-refractivity contribution in [2.45, 2.75) is 38.2 Å². The Morgan fingerprint density at radius 3 is 3.06 bits per heavy atom. The maximum atomic E-state index is 9.88. The molecule has 0 bridgehead atoms. The summed E-state index contributed by atoms with van der Waals surface area (Å²) in [4.78, 5) is 1.05. The van der Waals surface area contributed by atoms with Crippen LogP contribution in [0.5, 0.6) is 0 Å². The molecule has 0 radical (unpaired) electrons. The van der Waals surface area contributed by atoms with Crippen molar-refractivity contribution in [2.24, 2.45) is 0 Å². The van der Waals surface area contributed by atoms with Gasteiger partial charge in [-0.1, -0.05) is 17.7 Å². The second-order valence-corrected chi connectivity index (χ2v) is 5.57. The van der Waals surface area contributed by atoms with Crippen LogP contribution in [0.15, 0.2) is 29.2 Å². The van der Waals surface area contributed by atoms with Crippen LogP contribution in [0.2, 0.25) is 0 Å². The molecule has 2 rings (SSSR count). The highest BCUT2D eigenvalue weighted by Crippen LogP contribution is 2.20. The van der Waals surface area contributed by atoms with Gasteiger partial charge in [0.15, 0.2) is 0 Å². The van der Waals surface area contributed by atoms with E-state index in [2.05, 4.69) is 11.4 Å². The van der Waals surface area contributed by atoms with E-state index in [-0.39, 0.29) is 6.10 Å². The molecule has 0 aliphatic heterocycles. The summed E-state index contributed by atoms with van der Waals surface area (Å²) in [5.41, 5.74) is 1.59. The Morgan fingerprint density at radius 1 is 1.41 bits per heavy atom. The number of allylic oxidation sites excluding steroid dienone is 1. The predicted molar refractivity (Wildman–Crippen MR) is 73.3 cm³/mol. The molecular weight excluding hydrogens is 230 g/mol. The highest BCUT2D eigenvalue weighted by Gasteiger charge is 2.08. The van der Waals surface area contributed by atoms with Gasteiger partial charge >= 0.3 is 0 Å². The van der Waals surface area contributed by atoms with Crippen LogP contribution in [-0.2, 0) is 0 Å². The molecule has 0 amide bonds. The van der Waals surface area contributed by atoms with Crippen molar-refractivity contribution in [3.63, 3.8) is 0 Å². The third-order valence-corrected chi connectivity index (χ3v) is 4.19. The fourth-order valence-corrected chi connectivity index (χ4v) is 2.91. The van der Waals surface area contributed by atoms with Crippen LogP contribution in [0.25, 0.3) is 0 Å². The monoisotopic (exact) mass is 251 g/mol. The van der Waals surface area contributed by atoms with Crippen LogP contribution in [0.3, 0.4) is 0 Å². The molecule has 17 heavy (non-hydrogen) atoms. The molecule has 1 aromatic rings. The lowest BCUT2D eigenvalue weighted by molar-refractivity contribution is 0.179. The van der Waals surface area contributed by atoms with Crippen molar-refractivity contribution < 1.29 is 5.11 Å². The Hall–Kier alpha value is -0.640. The number of rotatable bonds is 6. The second-order valence-electron chi connectivity index (χ2n) is 4.59. The number of aliphatic hydroxyl groups excluding tert-OH is 1. The Bertz CT molecular complexity index is 345. The smallest absolute Gasteiger partial charge is 0.101 e. The SMILES string of the molecule is OC(CNCCC1=CCCCC1)c1cccs1. The summed E-state index contributed by atoms with van der Waals surface area (Å²) in [5, 5.41) is 15.2. The lowest BCUT2D eigenvalue weighted by Crippen LogP contribution is -2.22. The molecule has 3 heteroatoms. The predicted octanol–water partition coefficient (Wildman–Crippen LogP) is 3.26.